The van der Waals surface area contributed by atoms with Crippen molar-refractivity contribution in [1.82, 2.24) is 24.9 Å². The van der Waals surface area contributed by atoms with Gasteiger partial charge in [0.05, 0.1) is 0 Å². The minimum Gasteiger partial charge on any atom is -0.340 e. The number of urea groups is 1. The van der Waals surface area contributed by atoms with Gasteiger partial charge in [0.25, 0.3) is 5.91 Å². The van der Waals surface area contributed by atoms with Crippen molar-refractivity contribution in [3.05, 3.63) is 35.6 Å². The molecule has 3 aliphatic heterocycles. The number of amides is 3. The second-order valence-corrected chi connectivity index (χ2v) is 8.59. The lowest BCUT2D eigenvalue weighted by Gasteiger charge is -2.40. The van der Waals surface area contributed by atoms with Crippen LogP contribution < -0.4 is 5.32 Å². The molecule has 0 spiro atoms. The Morgan fingerprint density at radius 3 is 2.53 bits per heavy atom. The number of aliphatic imine (C=N–C) groups is 1. The van der Waals surface area contributed by atoms with E-state index in [-0.39, 0.29) is 12.4 Å². The molecule has 1 aromatic rings. The van der Waals surface area contributed by atoms with Gasteiger partial charge in [0.2, 0.25) is 0 Å². The van der Waals surface area contributed by atoms with Crippen LogP contribution in [0.2, 0.25) is 0 Å². The third-order valence-electron chi connectivity index (χ3n) is 5.92. The van der Waals surface area contributed by atoms with Crippen LogP contribution in [0, 0.1) is 11.7 Å². The Labute approximate surface area is 176 Å². The highest BCUT2D eigenvalue weighted by Gasteiger charge is 2.50. The number of hydrogen-bond donors (Lipinski definition) is 1. The summed E-state index contributed by atoms with van der Waals surface area (Å²) in [5.74, 6) is 0.553. The molecule has 162 valence electrons. The smallest absolute Gasteiger partial charge is 0.325 e. The fourth-order valence-corrected chi connectivity index (χ4v) is 4.40. The zero-order valence-corrected chi connectivity index (χ0v) is 17.7. The number of guanidine groups is 1. The topological polar surface area (TPSA) is 71.5 Å². The monoisotopic (exact) mass is 416 g/mol. The van der Waals surface area contributed by atoms with Crippen molar-refractivity contribution < 1.29 is 14.0 Å². The van der Waals surface area contributed by atoms with Gasteiger partial charge < -0.3 is 14.7 Å². The molecule has 1 aromatic carbocycles. The number of imide groups is 1. The van der Waals surface area contributed by atoms with E-state index in [4.69, 9.17) is 4.99 Å². The molecule has 2 unspecified atom stereocenters. The highest BCUT2D eigenvalue weighted by atomic mass is 19.1. The van der Waals surface area contributed by atoms with Crippen LogP contribution >= 0.6 is 0 Å². The van der Waals surface area contributed by atoms with E-state index in [1.807, 2.05) is 4.90 Å². The van der Waals surface area contributed by atoms with Crippen LogP contribution in [0.4, 0.5) is 9.18 Å². The van der Waals surface area contributed by atoms with E-state index in [1.165, 1.54) is 11.0 Å². The van der Waals surface area contributed by atoms with E-state index in [0.29, 0.717) is 17.4 Å². The van der Waals surface area contributed by atoms with Gasteiger partial charge >= 0.3 is 6.03 Å². The maximum absolute atomic E-state index is 14.4. The molecule has 2 atom stereocenters. The lowest BCUT2D eigenvalue weighted by Crippen LogP contribution is -2.64. The number of rotatable bonds is 4. The lowest BCUT2D eigenvalue weighted by atomic mass is 10.1. The molecule has 2 fully saturated rings. The number of fused-ring (bicyclic) bond motifs is 1. The summed E-state index contributed by atoms with van der Waals surface area (Å²) in [6, 6.07) is 5.44. The number of nitrogens with one attached hydrogen (secondary N) is 1. The molecule has 30 heavy (non-hydrogen) atoms. The highest BCUT2D eigenvalue weighted by molar-refractivity contribution is 6.03. The van der Waals surface area contributed by atoms with Crippen LogP contribution in [0.1, 0.15) is 19.4 Å². The molecule has 0 bridgehead atoms. The Morgan fingerprint density at radius 2 is 1.87 bits per heavy atom. The number of piperazine rings is 1. The van der Waals surface area contributed by atoms with Crippen molar-refractivity contribution in [1.29, 1.82) is 0 Å². The molecule has 3 amide bonds. The summed E-state index contributed by atoms with van der Waals surface area (Å²) in [5, 5.41) is 2.40. The van der Waals surface area contributed by atoms with Crippen molar-refractivity contribution in [3.8, 4) is 0 Å². The Bertz CT molecular complexity index is 852. The number of likely N-dealkylation sites (N-methyl/N-ethyl adjacent to an activating group) is 1. The van der Waals surface area contributed by atoms with E-state index >= 15 is 0 Å². The highest BCUT2D eigenvalue weighted by Crippen LogP contribution is 2.28. The zero-order valence-electron chi connectivity index (χ0n) is 17.7. The fraction of sp³-hybridized carbons (Fsp3) is 0.571. The van der Waals surface area contributed by atoms with Crippen molar-refractivity contribution in [2.75, 3.05) is 39.8 Å². The number of benzene rings is 1. The largest absolute Gasteiger partial charge is 0.340 e. The average Bonchev–Trinajstić information content (AvgIpc) is 3.08. The number of hydrogen-bond acceptors (Lipinski definition) is 6. The summed E-state index contributed by atoms with van der Waals surface area (Å²) >= 11 is 0. The van der Waals surface area contributed by atoms with Crippen molar-refractivity contribution in [2.24, 2.45) is 10.9 Å². The maximum atomic E-state index is 14.4. The van der Waals surface area contributed by atoms with Crippen LogP contribution in [0.3, 0.4) is 0 Å². The molecule has 9 heteroatoms. The van der Waals surface area contributed by atoms with Gasteiger partial charge in [-0.3, -0.25) is 15.0 Å². The van der Waals surface area contributed by atoms with Crippen LogP contribution in [-0.2, 0) is 11.3 Å². The van der Waals surface area contributed by atoms with Crippen LogP contribution in [0.5, 0.6) is 0 Å². The van der Waals surface area contributed by atoms with Gasteiger partial charge in [-0.05, 0) is 12.0 Å². The summed E-state index contributed by atoms with van der Waals surface area (Å²) < 4.78 is 14.4. The zero-order chi connectivity index (χ0) is 21.4. The fourth-order valence-electron chi connectivity index (χ4n) is 4.40. The third kappa shape index (κ3) is 3.86. The number of halogens is 1. The Balaban J connectivity index is 1.60. The molecular formula is C21H29FN6O2. The molecular weight excluding hydrogens is 387 g/mol. The van der Waals surface area contributed by atoms with E-state index in [0.717, 1.165) is 32.7 Å². The minimum atomic E-state index is -0.670. The first kappa shape index (κ1) is 20.6. The molecule has 4 rings (SSSR count). The molecule has 3 heterocycles. The summed E-state index contributed by atoms with van der Waals surface area (Å²) in [5.41, 5.74) is 0.497. The maximum Gasteiger partial charge on any atom is 0.325 e. The first-order chi connectivity index (χ1) is 14.3. The van der Waals surface area contributed by atoms with E-state index in [1.54, 1.807) is 25.2 Å². The number of carbonyl (C=O) groups is 2. The van der Waals surface area contributed by atoms with Crippen LogP contribution in [-0.4, -0.2) is 89.5 Å². The van der Waals surface area contributed by atoms with Gasteiger partial charge in [-0.2, -0.15) is 0 Å². The van der Waals surface area contributed by atoms with Crippen molar-refractivity contribution in [3.63, 3.8) is 0 Å². The molecule has 2 saturated heterocycles. The summed E-state index contributed by atoms with van der Waals surface area (Å²) in [6.07, 6.45) is -0.610. The molecule has 1 N–H and O–H groups in total. The van der Waals surface area contributed by atoms with Gasteiger partial charge in [0, 0.05) is 51.9 Å². The Kier molecular flexibility index (Phi) is 5.64. The van der Waals surface area contributed by atoms with E-state index in [2.05, 4.69) is 29.0 Å². The van der Waals surface area contributed by atoms with Gasteiger partial charge in [-0.1, -0.05) is 32.0 Å². The summed E-state index contributed by atoms with van der Waals surface area (Å²) in [7, 11) is 1.63. The Morgan fingerprint density at radius 1 is 1.17 bits per heavy atom. The van der Waals surface area contributed by atoms with E-state index < -0.39 is 24.1 Å². The van der Waals surface area contributed by atoms with Gasteiger partial charge in [0.15, 0.2) is 18.2 Å². The number of carbonyl (C=O) groups excluding carboxylic acids is 2. The average molecular weight is 417 g/mol. The molecule has 0 aliphatic carbocycles. The first-order valence-corrected chi connectivity index (χ1v) is 10.5. The summed E-state index contributed by atoms with van der Waals surface area (Å²) in [4.78, 5) is 37.5. The lowest BCUT2D eigenvalue weighted by molar-refractivity contribution is -0.127. The molecule has 3 aliphatic rings. The second kappa shape index (κ2) is 8.22. The predicted octanol–water partition coefficient (Wildman–Crippen LogP) is 1.15. The molecule has 0 radical (unpaired) electrons. The molecule has 0 saturated carbocycles. The van der Waals surface area contributed by atoms with Gasteiger partial charge in [-0.15, -0.1) is 0 Å². The second-order valence-electron chi connectivity index (χ2n) is 8.59. The predicted molar refractivity (Wildman–Crippen MR) is 111 cm³/mol. The molecule has 0 aromatic heterocycles. The Hall–Kier alpha value is -2.68. The van der Waals surface area contributed by atoms with Crippen LogP contribution in [0.15, 0.2) is 29.3 Å². The SMILES string of the molecule is CC(C)CN1CCN(C2=NC3C(C(=O)NC(=O)N3C)N2Cc2ccccc2F)CC1. The third-order valence-corrected chi connectivity index (χ3v) is 5.92. The first-order valence-electron chi connectivity index (χ1n) is 10.5. The molecule has 8 nitrogen and oxygen atoms in total. The van der Waals surface area contributed by atoms with Gasteiger partial charge in [0.1, 0.15) is 5.82 Å². The minimum absolute atomic E-state index is 0.217. The quantitative estimate of drug-likeness (QED) is 0.797. The standard InChI is InChI=1S/C21H29FN6O2/c1-14(2)12-26-8-10-27(11-9-26)20-23-18-17(19(29)24-21(30)25(18)3)28(20)13-15-6-4-5-7-16(15)22/h4-7,14,17-18H,8-13H2,1-3H3,(H,24,29,30). The van der Waals surface area contributed by atoms with Crippen molar-refractivity contribution in [2.45, 2.75) is 32.6 Å². The summed E-state index contributed by atoms with van der Waals surface area (Å²) in [6.45, 7) is 9.04. The van der Waals surface area contributed by atoms with Gasteiger partial charge in [-0.25, -0.2) is 14.2 Å². The van der Waals surface area contributed by atoms with E-state index in [9.17, 15) is 14.0 Å². The van der Waals surface area contributed by atoms with Crippen LogP contribution in [0.25, 0.3) is 0 Å². The van der Waals surface area contributed by atoms with Crippen molar-refractivity contribution >= 4 is 17.9 Å². The normalized spacial score (nSPS) is 25.0. The number of nitrogens with zero attached hydrogens (tertiary/aromatic N) is 5.